The van der Waals surface area contributed by atoms with Crippen LogP contribution in [0.4, 0.5) is 5.69 Å². The Balaban J connectivity index is 1.55. The zero-order valence-electron chi connectivity index (χ0n) is 17.7. The van der Waals surface area contributed by atoms with Crippen LogP contribution in [0.2, 0.25) is 10.0 Å². The molecule has 2 amide bonds. The molecule has 0 saturated carbocycles. The number of fused-ring (bicyclic) bond motifs is 3. The van der Waals surface area contributed by atoms with Gasteiger partial charge in [-0.3, -0.25) is 19.2 Å². The summed E-state index contributed by atoms with van der Waals surface area (Å²) >= 11 is 15.7. The van der Waals surface area contributed by atoms with Crippen LogP contribution < -0.4 is 4.90 Å². The molecule has 1 spiro atoms. The van der Waals surface area contributed by atoms with Crippen LogP contribution in [-0.2, 0) is 14.3 Å². The van der Waals surface area contributed by atoms with E-state index >= 15 is 0 Å². The van der Waals surface area contributed by atoms with Gasteiger partial charge in [0.15, 0.2) is 0 Å². The Morgan fingerprint density at radius 1 is 0.800 bits per heavy atom. The Kier molecular flexibility index (Phi) is 5.06. The number of nitrogens with zero attached hydrogens (tertiary/aromatic N) is 1. The Morgan fingerprint density at radius 3 is 1.94 bits per heavy atom. The average Bonchev–Trinajstić information content (AvgIpc) is 3.39. The number of ketones is 2. The van der Waals surface area contributed by atoms with Crippen LogP contribution in [0.15, 0.2) is 71.2 Å². The first-order valence-corrected chi connectivity index (χ1v) is 12.2. The number of rotatable bonds is 2. The van der Waals surface area contributed by atoms with Gasteiger partial charge in [-0.25, -0.2) is 4.90 Å². The van der Waals surface area contributed by atoms with E-state index in [0.717, 1.165) is 9.37 Å². The number of Topliss-reactive ketones (excluding diaryl/α,β-unsaturated/α-hetero) is 2. The molecule has 0 unspecified atom stereocenters. The van der Waals surface area contributed by atoms with Gasteiger partial charge in [0.25, 0.3) is 0 Å². The molecule has 0 aromatic heterocycles. The summed E-state index contributed by atoms with van der Waals surface area (Å²) in [6.07, 6.45) is -0.994. The third kappa shape index (κ3) is 3.05. The summed E-state index contributed by atoms with van der Waals surface area (Å²) in [6.45, 7) is 0. The number of hydrogen-bond donors (Lipinski definition) is 0. The molecule has 9 heteroatoms. The van der Waals surface area contributed by atoms with Crippen LogP contribution in [0.3, 0.4) is 0 Å². The van der Waals surface area contributed by atoms with Crippen molar-refractivity contribution in [1.82, 2.24) is 0 Å². The maximum atomic E-state index is 13.9. The number of hydrogen-bond acceptors (Lipinski definition) is 5. The maximum absolute atomic E-state index is 13.9. The fraction of sp³-hybridized carbons (Fsp3) is 0.154. The van der Waals surface area contributed by atoms with E-state index in [1.807, 2.05) is 0 Å². The van der Waals surface area contributed by atoms with Crippen LogP contribution >= 0.6 is 39.1 Å². The molecule has 6 rings (SSSR count). The largest absolute Gasteiger partial charge is 0.349 e. The lowest BCUT2D eigenvalue weighted by Crippen LogP contribution is -2.51. The molecule has 2 aliphatic heterocycles. The Morgan fingerprint density at radius 2 is 1.37 bits per heavy atom. The summed E-state index contributed by atoms with van der Waals surface area (Å²) < 4.78 is 7.05. The zero-order chi connectivity index (χ0) is 24.6. The van der Waals surface area contributed by atoms with Gasteiger partial charge in [-0.1, -0.05) is 75.5 Å². The molecule has 3 atom stereocenters. The molecule has 2 heterocycles. The van der Waals surface area contributed by atoms with E-state index in [0.29, 0.717) is 5.56 Å². The van der Waals surface area contributed by atoms with E-state index in [1.54, 1.807) is 36.4 Å². The summed E-state index contributed by atoms with van der Waals surface area (Å²) in [4.78, 5) is 56.1. The van der Waals surface area contributed by atoms with Crippen LogP contribution in [0, 0.1) is 11.8 Å². The Bertz CT molecular complexity index is 1420. The van der Waals surface area contributed by atoms with Crippen molar-refractivity contribution in [3.63, 3.8) is 0 Å². The number of anilines is 1. The highest BCUT2D eigenvalue weighted by molar-refractivity contribution is 9.10. The van der Waals surface area contributed by atoms with Gasteiger partial charge in [0.2, 0.25) is 29.0 Å². The molecule has 1 aliphatic carbocycles. The van der Waals surface area contributed by atoms with Gasteiger partial charge in [0.05, 0.1) is 23.6 Å². The summed E-state index contributed by atoms with van der Waals surface area (Å²) in [5, 5.41) is 0.474. The lowest BCUT2D eigenvalue weighted by molar-refractivity contribution is -0.127. The third-order valence-corrected chi connectivity index (χ3v) is 7.79. The van der Waals surface area contributed by atoms with Crippen LogP contribution in [0.25, 0.3) is 0 Å². The highest BCUT2D eigenvalue weighted by Crippen LogP contribution is 2.57. The third-order valence-electron chi connectivity index (χ3n) is 6.82. The standard InChI is InChI=1S/C26H14BrCl2NO5/c27-13-7-5-12(6-8-13)21-19-20(25(34)30(24(19)33)16-10-14(28)9-15(29)11-16)26(35-21)22(31)17-3-1-2-4-18(17)23(26)32/h1-11,19-21H/t19-,20-,21-/m0/s1. The van der Waals surface area contributed by atoms with Gasteiger partial charge in [-0.15, -0.1) is 0 Å². The molecular weight excluding hydrogens is 557 g/mol. The van der Waals surface area contributed by atoms with Gasteiger partial charge >= 0.3 is 0 Å². The first-order chi connectivity index (χ1) is 16.7. The Hall–Kier alpha value is -2.84. The number of halogens is 3. The number of carbonyl (C=O) groups is 4. The number of amides is 2. The molecule has 0 N–H and O–H groups in total. The second-order valence-corrected chi connectivity index (χ2v) is 10.5. The van der Waals surface area contributed by atoms with E-state index in [2.05, 4.69) is 15.9 Å². The monoisotopic (exact) mass is 569 g/mol. The molecule has 2 fully saturated rings. The molecule has 3 aromatic carbocycles. The fourth-order valence-corrected chi connectivity index (χ4v) is 6.17. The highest BCUT2D eigenvalue weighted by Gasteiger charge is 2.74. The predicted molar refractivity (Wildman–Crippen MR) is 132 cm³/mol. The van der Waals surface area contributed by atoms with Gasteiger partial charge in [0.1, 0.15) is 0 Å². The minimum absolute atomic E-state index is 0.173. The number of benzene rings is 3. The van der Waals surface area contributed by atoms with Crippen molar-refractivity contribution >= 4 is 68.2 Å². The van der Waals surface area contributed by atoms with Crippen LogP contribution in [0.1, 0.15) is 32.4 Å². The normalized spacial score (nSPS) is 24.4. The average molecular weight is 571 g/mol. The van der Waals surface area contributed by atoms with E-state index < -0.39 is 46.9 Å². The van der Waals surface area contributed by atoms with Gasteiger partial charge in [-0.2, -0.15) is 0 Å². The van der Waals surface area contributed by atoms with Gasteiger partial charge in [-0.05, 0) is 35.9 Å². The second-order valence-electron chi connectivity index (χ2n) is 8.67. The topological polar surface area (TPSA) is 80.8 Å². The number of imide groups is 1. The van der Waals surface area contributed by atoms with Crippen molar-refractivity contribution in [2.75, 3.05) is 4.90 Å². The summed E-state index contributed by atoms with van der Waals surface area (Å²) in [6, 6.07) is 17.7. The molecule has 0 bridgehead atoms. The number of carbonyl (C=O) groups excluding carboxylic acids is 4. The quantitative estimate of drug-likeness (QED) is 0.302. The van der Waals surface area contributed by atoms with E-state index in [-0.39, 0.29) is 26.9 Å². The summed E-state index contributed by atoms with van der Waals surface area (Å²) in [5.41, 5.74) is -1.03. The van der Waals surface area contributed by atoms with E-state index in [4.69, 9.17) is 27.9 Å². The van der Waals surface area contributed by atoms with Gasteiger partial charge in [0, 0.05) is 25.6 Å². The lowest BCUT2D eigenvalue weighted by atomic mass is 9.77. The first kappa shape index (κ1) is 22.6. The fourth-order valence-electron chi connectivity index (χ4n) is 5.39. The molecular formula is C26H14BrCl2NO5. The molecule has 3 aromatic rings. The minimum atomic E-state index is -2.13. The smallest absolute Gasteiger partial charge is 0.241 e. The maximum Gasteiger partial charge on any atom is 0.241 e. The van der Waals surface area contributed by atoms with E-state index in [9.17, 15) is 19.2 Å². The zero-order valence-corrected chi connectivity index (χ0v) is 20.8. The first-order valence-electron chi connectivity index (χ1n) is 10.7. The summed E-state index contributed by atoms with van der Waals surface area (Å²) in [7, 11) is 0. The molecule has 174 valence electrons. The predicted octanol–water partition coefficient (Wildman–Crippen LogP) is 5.45. The van der Waals surface area contributed by atoms with Crippen molar-refractivity contribution in [2.24, 2.45) is 11.8 Å². The van der Waals surface area contributed by atoms with Crippen molar-refractivity contribution in [1.29, 1.82) is 0 Å². The molecule has 0 radical (unpaired) electrons. The number of ether oxygens (including phenoxy) is 1. The molecule has 2 saturated heterocycles. The van der Waals surface area contributed by atoms with Crippen molar-refractivity contribution in [2.45, 2.75) is 11.7 Å². The van der Waals surface area contributed by atoms with Crippen molar-refractivity contribution in [3.8, 4) is 0 Å². The van der Waals surface area contributed by atoms with E-state index in [1.165, 1.54) is 30.3 Å². The highest BCUT2D eigenvalue weighted by atomic mass is 79.9. The van der Waals surface area contributed by atoms with Crippen LogP contribution in [-0.4, -0.2) is 29.0 Å². The van der Waals surface area contributed by atoms with Crippen molar-refractivity contribution in [3.05, 3.63) is 97.9 Å². The lowest BCUT2D eigenvalue weighted by Gasteiger charge is -2.27. The van der Waals surface area contributed by atoms with Gasteiger partial charge < -0.3 is 4.74 Å². The molecule has 6 nitrogen and oxygen atoms in total. The van der Waals surface area contributed by atoms with Crippen molar-refractivity contribution < 1.29 is 23.9 Å². The SMILES string of the molecule is O=C1[C@H]2[C@@H](C(=O)N1c1cc(Cl)cc(Cl)c1)C1(O[C@H]2c2ccc(Br)cc2)C(=O)c2ccccc2C1=O. The Labute approximate surface area is 217 Å². The van der Waals surface area contributed by atoms with Crippen LogP contribution in [0.5, 0.6) is 0 Å². The molecule has 35 heavy (non-hydrogen) atoms. The molecule has 3 aliphatic rings. The minimum Gasteiger partial charge on any atom is -0.349 e. The summed E-state index contributed by atoms with van der Waals surface area (Å²) in [5.74, 6) is -4.94. The second kappa shape index (κ2) is 7.83.